The fraction of sp³-hybridized carbons (Fsp3) is 0.231. The summed E-state index contributed by atoms with van der Waals surface area (Å²) >= 11 is 0. The van der Waals surface area contributed by atoms with Crippen molar-refractivity contribution >= 4 is 5.97 Å². The van der Waals surface area contributed by atoms with E-state index < -0.39 is 12.0 Å². The Hall–Kier alpha value is -2.14. The van der Waals surface area contributed by atoms with Crippen molar-refractivity contribution < 1.29 is 9.90 Å². The average molecular weight is 245 g/mol. The molecule has 0 aliphatic rings. The largest absolute Gasteiger partial charge is 0.481 e. The number of hydrogen-bond acceptors (Lipinski definition) is 3. The molecule has 3 N–H and O–H groups in total. The van der Waals surface area contributed by atoms with Crippen LogP contribution in [0.2, 0.25) is 0 Å². The van der Waals surface area contributed by atoms with Gasteiger partial charge in [0, 0.05) is 24.8 Å². The first kappa shape index (κ1) is 12.3. The molecule has 1 atom stereocenters. The number of nitrogens with two attached hydrogens (primary N) is 1. The molecule has 18 heavy (non-hydrogen) atoms. The van der Waals surface area contributed by atoms with Crippen LogP contribution in [-0.4, -0.2) is 20.9 Å². The Kier molecular flexibility index (Phi) is 3.43. The Morgan fingerprint density at radius 1 is 1.50 bits per heavy atom. The van der Waals surface area contributed by atoms with E-state index in [1.165, 1.54) is 0 Å². The molecular weight excluding hydrogens is 230 g/mol. The highest BCUT2D eigenvalue weighted by Gasteiger charge is 2.11. The van der Waals surface area contributed by atoms with Crippen LogP contribution in [0.5, 0.6) is 0 Å². The Balaban J connectivity index is 2.27. The smallest absolute Gasteiger partial charge is 0.305 e. The fourth-order valence-electron chi connectivity index (χ4n) is 1.83. The normalized spacial score (nSPS) is 12.3. The van der Waals surface area contributed by atoms with E-state index in [4.69, 9.17) is 10.8 Å². The number of aromatic nitrogens is 2. The molecule has 0 aliphatic heterocycles. The molecule has 0 radical (unpaired) electrons. The van der Waals surface area contributed by atoms with Gasteiger partial charge in [-0.2, -0.15) is 5.10 Å². The topological polar surface area (TPSA) is 81.1 Å². The SMILES string of the molecule is Cn1cc(-c2cccc([C@@H](N)CC(=O)O)c2)cn1. The standard InChI is InChI=1S/C13H15N3O2/c1-16-8-11(7-15-16)9-3-2-4-10(5-9)12(14)6-13(17)18/h2-5,7-8,12H,6,14H2,1H3,(H,17,18)/t12-/m0/s1. The molecule has 1 heterocycles. The van der Waals surface area contributed by atoms with Crippen LogP contribution in [0.15, 0.2) is 36.7 Å². The summed E-state index contributed by atoms with van der Waals surface area (Å²) in [5.74, 6) is -0.894. The molecule has 0 saturated heterocycles. The van der Waals surface area contributed by atoms with Crippen LogP contribution in [0.4, 0.5) is 0 Å². The second-order valence-electron chi connectivity index (χ2n) is 4.23. The van der Waals surface area contributed by atoms with Gasteiger partial charge in [-0.25, -0.2) is 0 Å². The molecule has 94 valence electrons. The molecule has 0 saturated carbocycles. The first-order valence-corrected chi connectivity index (χ1v) is 5.62. The molecule has 0 amide bonds. The van der Waals surface area contributed by atoms with Gasteiger partial charge in [-0.3, -0.25) is 9.48 Å². The average Bonchev–Trinajstić information content (AvgIpc) is 2.75. The maximum Gasteiger partial charge on any atom is 0.305 e. The lowest BCUT2D eigenvalue weighted by molar-refractivity contribution is -0.137. The minimum atomic E-state index is -0.894. The molecular formula is C13H15N3O2. The van der Waals surface area contributed by atoms with Gasteiger partial charge >= 0.3 is 5.97 Å². The van der Waals surface area contributed by atoms with E-state index >= 15 is 0 Å². The molecule has 0 unspecified atom stereocenters. The van der Waals surface area contributed by atoms with Gasteiger partial charge in [0.1, 0.15) is 0 Å². The fourth-order valence-corrected chi connectivity index (χ4v) is 1.83. The van der Waals surface area contributed by atoms with Crippen molar-refractivity contribution in [3.05, 3.63) is 42.2 Å². The summed E-state index contributed by atoms with van der Waals surface area (Å²) in [6.07, 6.45) is 3.60. The molecule has 0 bridgehead atoms. The summed E-state index contributed by atoms with van der Waals surface area (Å²) < 4.78 is 1.72. The van der Waals surface area contributed by atoms with Crippen LogP contribution < -0.4 is 5.73 Å². The quantitative estimate of drug-likeness (QED) is 0.856. The first-order valence-electron chi connectivity index (χ1n) is 5.62. The summed E-state index contributed by atoms with van der Waals surface area (Å²) in [6.45, 7) is 0. The highest BCUT2D eigenvalue weighted by Crippen LogP contribution is 2.23. The zero-order valence-electron chi connectivity index (χ0n) is 10.1. The summed E-state index contributed by atoms with van der Waals surface area (Å²) in [5.41, 5.74) is 8.64. The molecule has 1 aromatic carbocycles. The number of carboxylic acids is 1. The van der Waals surface area contributed by atoms with E-state index in [9.17, 15) is 4.79 Å². The van der Waals surface area contributed by atoms with Crippen molar-refractivity contribution in [1.29, 1.82) is 0 Å². The number of benzene rings is 1. The zero-order valence-corrected chi connectivity index (χ0v) is 10.1. The summed E-state index contributed by atoms with van der Waals surface area (Å²) in [7, 11) is 1.85. The Morgan fingerprint density at radius 3 is 2.89 bits per heavy atom. The van der Waals surface area contributed by atoms with Crippen LogP contribution >= 0.6 is 0 Å². The summed E-state index contributed by atoms with van der Waals surface area (Å²) in [4.78, 5) is 10.6. The van der Waals surface area contributed by atoms with Crippen molar-refractivity contribution in [2.24, 2.45) is 12.8 Å². The van der Waals surface area contributed by atoms with Crippen LogP contribution in [0.1, 0.15) is 18.0 Å². The van der Waals surface area contributed by atoms with Crippen LogP contribution in [0, 0.1) is 0 Å². The second-order valence-corrected chi connectivity index (χ2v) is 4.23. The number of aryl methyl sites for hydroxylation is 1. The van der Waals surface area contributed by atoms with E-state index in [0.29, 0.717) is 0 Å². The van der Waals surface area contributed by atoms with Gasteiger partial charge in [-0.1, -0.05) is 18.2 Å². The van der Waals surface area contributed by atoms with Gasteiger partial charge in [0.25, 0.3) is 0 Å². The number of nitrogens with zero attached hydrogens (tertiary/aromatic N) is 2. The van der Waals surface area contributed by atoms with Crippen molar-refractivity contribution in [3.63, 3.8) is 0 Å². The maximum atomic E-state index is 10.6. The lowest BCUT2D eigenvalue weighted by atomic mass is 10.00. The van der Waals surface area contributed by atoms with Gasteiger partial charge in [-0.05, 0) is 17.2 Å². The van der Waals surface area contributed by atoms with Crippen molar-refractivity contribution in [1.82, 2.24) is 9.78 Å². The van der Waals surface area contributed by atoms with Crippen LogP contribution in [0.25, 0.3) is 11.1 Å². The lowest BCUT2D eigenvalue weighted by Crippen LogP contribution is -2.14. The third kappa shape index (κ3) is 2.75. The van der Waals surface area contributed by atoms with E-state index in [2.05, 4.69) is 5.10 Å². The van der Waals surface area contributed by atoms with E-state index in [0.717, 1.165) is 16.7 Å². The Labute approximate surface area is 105 Å². The third-order valence-corrected chi connectivity index (χ3v) is 2.75. The van der Waals surface area contributed by atoms with Gasteiger partial charge in [0.15, 0.2) is 0 Å². The second kappa shape index (κ2) is 5.01. The summed E-state index contributed by atoms with van der Waals surface area (Å²) in [5, 5.41) is 12.8. The van der Waals surface area contributed by atoms with Gasteiger partial charge in [0.2, 0.25) is 0 Å². The highest BCUT2D eigenvalue weighted by atomic mass is 16.4. The van der Waals surface area contributed by atoms with Crippen LogP contribution in [0.3, 0.4) is 0 Å². The monoisotopic (exact) mass is 245 g/mol. The van der Waals surface area contributed by atoms with E-state index in [-0.39, 0.29) is 6.42 Å². The molecule has 0 aliphatic carbocycles. The molecule has 0 spiro atoms. The van der Waals surface area contributed by atoms with Gasteiger partial charge in [0.05, 0.1) is 12.6 Å². The zero-order chi connectivity index (χ0) is 13.1. The van der Waals surface area contributed by atoms with E-state index in [1.54, 1.807) is 10.9 Å². The molecule has 5 nitrogen and oxygen atoms in total. The maximum absolute atomic E-state index is 10.6. The lowest BCUT2D eigenvalue weighted by Gasteiger charge is -2.10. The number of carbonyl (C=O) groups is 1. The predicted octanol–water partition coefficient (Wildman–Crippen LogP) is 1.56. The Morgan fingerprint density at radius 2 is 2.28 bits per heavy atom. The highest BCUT2D eigenvalue weighted by molar-refractivity contribution is 5.68. The van der Waals surface area contributed by atoms with Crippen molar-refractivity contribution in [2.45, 2.75) is 12.5 Å². The van der Waals surface area contributed by atoms with E-state index in [1.807, 2.05) is 37.5 Å². The molecule has 0 fully saturated rings. The molecule has 1 aromatic heterocycles. The third-order valence-electron chi connectivity index (χ3n) is 2.75. The van der Waals surface area contributed by atoms with Crippen LogP contribution in [-0.2, 0) is 11.8 Å². The van der Waals surface area contributed by atoms with Gasteiger partial charge < -0.3 is 10.8 Å². The number of rotatable bonds is 4. The number of hydrogen-bond donors (Lipinski definition) is 2. The first-order chi connectivity index (χ1) is 8.56. The minimum Gasteiger partial charge on any atom is -0.481 e. The predicted molar refractivity (Wildman–Crippen MR) is 67.8 cm³/mol. The molecule has 2 rings (SSSR count). The molecule has 2 aromatic rings. The number of aliphatic carboxylic acids is 1. The Bertz CT molecular complexity index is 563. The van der Waals surface area contributed by atoms with Gasteiger partial charge in [-0.15, -0.1) is 0 Å². The van der Waals surface area contributed by atoms with Crippen molar-refractivity contribution in [3.8, 4) is 11.1 Å². The van der Waals surface area contributed by atoms with Crippen molar-refractivity contribution in [2.75, 3.05) is 0 Å². The number of carboxylic acid groups (broad SMARTS) is 1. The molecule has 5 heteroatoms. The summed E-state index contributed by atoms with van der Waals surface area (Å²) in [6, 6.07) is 7.09. The minimum absolute atomic E-state index is 0.0729.